The third-order valence-electron chi connectivity index (χ3n) is 5.15. The van der Waals surface area contributed by atoms with Crippen molar-refractivity contribution in [3.63, 3.8) is 0 Å². The molecule has 3 heterocycles. The first kappa shape index (κ1) is 18.8. The van der Waals surface area contributed by atoms with Gasteiger partial charge >= 0.3 is 0 Å². The number of carbonyl (C=O) groups excluding carboxylic acids is 1. The summed E-state index contributed by atoms with van der Waals surface area (Å²) in [6, 6.07) is 11.7. The van der Waals surface area contributed by atoms with E-state index in [-0.39, 0.29) is 11.5 Å². The number of rotatable bonds is 5. The van der Waals surface area contributed by atoms with Gasteiger partial charge in [0.2, 0.25) is 5.91 Å². The summed E-state index contributed by atoms with van der Waals surface area (Å²) in [6.07, 6.45) is 1.67. The topological polar surface area (TPSA) is 69.3 Å². The molecule has 1 saturated heterocycles. The number of amides is 1. The molecule has 146 valence electrons. The van der Waals surface area contributed by atoms with Gasteiger partial charge in [-0.2, -0.15) is 0 Å². The predicted octanol–water partition coefficient (Wildman–Crippen LogP) is 2.65. The van der Waals surface area contributed by atoms with Gasteiger partial charge in [-0.05, 0) is 30.0 Å². The molecule has 0 saturated carbocycles. The highest BCUT2D eigenvalue weighted by molar-refractivity contribution is 7.09. The molecule has 6 nitrogen and oxygen atoms in total. The number of fused-ring (bicyclic) bond motifs is 1. The Labute approximate surface area is 167 Å². The quantitative estimate of drug-likeness (QED) is 0.720. The molecular weight excluding hydrogens is 372 g/mol. The summed E-state index contributed by atoms with van der Waals surface area (Å²) in [4.78, 5) is 37.9. The van der Waals surface area contributed by atoms with Crippen LogP contribution in [0, 0.1) is 0 Å². The van der Waals surface area contributed by atoms with Crippen molar-refractivity contribution in [3.05, 3.63) is 62.7 Å². The van der Waals surface area contributed by atoms with E-state index < -0.39 is 0 Å². The molecule has 28 heavy (non-hydrogen) atoms. The number of thiophene rings is 1. The number of aryl methyl sites for hydroxylation is 1. The number of hydrogen-bond donors (Lipinski definition) is 1. The van der Waals surface area contributed by atoms with E-state index >= 15 is 0 Å². The minimum Gasteiger partial charge on any atom is -0.341 e. The van der Waals surface area contributed by atoms with Crippen molar-refractivity contribution in [2.45, 2.75) is 25.8 Å². The van der Waals surface area contributed by atoms with Crippen LogP contribution in [0.1, 0.15) is 23.4 Å². The van der Waals surface area contributed by atoms with Crippen LogP contribution in [0.2, 0.25) is 0 Å². The lowest BCUT2D eigenvalue weighted by Crippen LogP contribution is -2.35. The minimum absolute atomic E-state index is 0.104. The van der Waals surface area contributed by atoms with Gasteiger partial charge in [-0.25, -0.2) is 4.98 Å². The Morgan fingerprint density at radius 3 is 2.86 bits per heavy atom. The molecule has 1 N–H and O–H groups in total. The number of nitrogens with one attached hydrogen (secondary N) is 1. The summed E-state index contributed by atoms with van der Waals surface area (Å²) in [5, 5.41) is 2.10. The minimum atomic E-state index is -0.204. The van der Waals surface area contributed by atoms with E-state index in [1.54, 1.807) is 11.3 Å². The van der Waals surface area contributed by atoms with Crippen molar-refractivity contribution in [3.8, 4) is 0 Å². The maximum atomic E-state index is 12.7. The van der Waals surface area contributed by atoms with E-state index in [2.05, 4.69) is 32.4 Å². The normalized spacial score (nSPS) is 15.6. The molecule has 1 aromatic carbocycles. The Bertz CT molecular complexity index is 999. The van der Waals surface area contributed by atoms with Gasteiger partial charge in [0.15, 0.2) is 0 Å². The number of nitrogens with zero attached hydrogens (tertiary/aromatic N) is 3. The molecule has 1 aliphatic rings. The number of H-pyrrole nitrogens is 1. The van der Waals surface area contributed by atoms with Crippen LogP contribution < -0.4 is 5.56 Å². The van der Waals surface area contributed by atoms with Crippen LogP contribution in [0.4, 0.5) is 0 Å². The molecule has 0 atom stereocenters. The smallest absolute Gasteiger partial charge is 0.270 e. The molecule has 0 aliphatic carbocycles. The standard InChI is InChI=1S/C21H24N4O2S/c26-20(9-8-19-21(27)23-18-7-2-1-6-17(18)22-19)25-11-4-10-24(12-13-25)15-16-5-3-14-28-16/h1-3,5-7,14H,4,8-13,15H2,(H,23,27). The van der Waals surface area contributed by atoms with E-state index in [0.717, 1.165) is 50.2 Å². The molecule has 0 bridgehead atoms. The molecule has 1 fully saturated rings. The van der Waals surface area contributed by atoms with Crippen LogP contribution in [0.5, 0.6) is 0 Å². The summed E-state index contributed by atoms with van der Waals surface area (Å²) in [6.45, 7) is 4.37. The van der Waals surface area contributed by atoms with E-state index in [4.69, 9.17) is 0 Å². The average molecular weight is 397 g/mol. The van der Waals surface area contributed by atoms with Crippen molar-refractivity contribution >= 4 is 28.3 Å². The van der Waals surface area contributed by atoms with Crippen LogP contribution in [0.3, 0.4) is 0 Å². The van der Waals surface area contributed by atoms with Gasteiger partial charge in [-0.15, -0.1) is 11.3 Å². The molecule has 0 unspecified atom stereocenters. The fraction of sp³-hybridized carbons (Fsp3) is 0.381. The number of para-hydroxylation sites is 2. The van der Waals surface area contributed by atoms with Gasteiger partial charge in [0.05, 0.1) is 11.0 Å². The lowest BCUT2D eigenvalue weighted by molar-refractivity contribution is -0.131. The van der Waals surface area contributed by atoms with E-state index in [9.17, 15) is 9.59 Å². The fourth-order valence-corrected chi connectivity index (χ4v) is 4.37. The first-order chi connectivity index (χ1) is 13.7. The summed E-state index contributed by atoms with van der Waals surface area (Å²) in [5.41, 5.74) is 1.70. The average Bonchev–Trinajstić information content (AvgIpc) is 3.10. The predicted molar refractivity (Wildman–Crippen MR) is 111 cm³/mol. The number of hydrogen-bond acceptors (Lipinski definition) is 5. The SMILES string of the molecule is O=C(CCc1nc2ccccc2[nH]c1=O)N1CCCN(Cc2cccs2)CC1. The zero-order valence-electron chi connectivity index (χ0n) is 15.8. The Morgan fingerprint density at radius 2 is 2.00 bits per heavy atom. The molecule has 0 spiro atoms. The summed E-state index contributed by atoms with van der Waals surface area (Å²) < 4.78 is 0. The third kappa shape index (κ3) is 4.48. The first-order valence-corrected chi connectivity index (χ1v) is 10.6. The Kier molecular flexibility index (Phi) is 5.83. The largest absolute Gasteiger partial charge is 0.341 e. The molecule has 2 aromatic heterocycles. The van der Waals surface area contributed by atoms with Crippen LogP contribution in [-0.2, 0) is 17.8 Å². The highest BCUT2D eigenvalue weighted by atomic mass is 32.1. The number of benzene rings is 1. The van der Waals surface area contributed by atoms with Gasteiger partial charge in [-0.3, -0.25) is 14.5 Å². The number of aromatic nitrogens is 2. The second-order valence-electron chi connectivity index (χ2n) is 7.12. The van der Waals surface area contributed by atoms with Crippen LogP contribution >= 0.6 is 11.3 Å². The molecular formula is C21H24N4O2S. The van der Waals surface area contributed by atoms with Crippen LogP contribution in [-0.4, -0.2) is 51.9 Å². The van der Waals surface area contributed by atoms with Crippen LogP contribution in [0.15, 0.2) is 46.6 Å². The van der Waals surface area contributed by atoms with E-state index in [1.807, 2.05) is 29.2 Å². The van der Waals surface area contributed by atoms with Crippen molar-refractivity contribution in [2.75, 3.05) is 26.2 Å². The first-order valence-electron chi connectivity index (χ1n) is 9.69. The summed E-state index contributed by atoms with van der Waals surface area (Å²) >= 11 is 1.78. The Balaban J connectivity index is 1.34. The van der Waals surface area contributed by atoms with Gasteiger partial charge in [0.25, 0.3) is 5.56 Å². The lowest BCUT2D eigenvalue weighted by atomic mass is 10.2. The van der Waals surface area contributed by atoms with Gasteiger partial charge in [0, 0.05) is 50.4 Å². The molecule has 1 aliphatic heterocycles. The lowest BCUT2D eigenvalue weighted by Gasteiger charge is -2.21. The maximum Gasteiger partial charge on any atom is 0.270 e. The molecule has 0 radical (unpaired) electrons. The fourth-order valence-electron chi connectivity index (χ4n) is 3.62. The van der Waals surface area contributed by atoms with Crippen LogP contribution in [0.25, 0.3) is 11.0 Å². The molecule has 4 rings (SSSR count). The highest BCUT2D eigenvalue weighted by Crippen LogP contribution is 2.14. The second kappa shape index (κ2) is 8.67. The van der Waals surface area contributed by atoms with E-state index in [0.29, 0.717) is 18.5 Å². The van der Waals surface area contributed by atoms with Crippen molar-refractivity contribution in [1.29, 1.82) is 0 Å². The monoisotopic (exact) mass is 396 g/mol. The van der Waals surface area contributed by atoms with Crippen molar-refractivity contribution < 1.29 is 4.79 Å². The number of aromatic amines is 1. The van der Waals surface area contributed by atoms with Gasteiger partial charge in [0.1, 0.15) is 5.69 Å². The zero-order chi connectivity index (χ0) is 19.3. The second-order valence-corrected chi connectivity index (χ2v) is 8.15. The third-order valence-corrected chi connectivity index (χ3v) is 6.01. The van der Waals surface area contributed by atoms with Crippen molar-refractivity contribution in [2.24, 2.45) is 0 Å². The molecule has 3 aromatic rings. The molecule has 7 heteroatoms. The highest BCUT2D eigenvalue weighted by Gasteiger charge is 2.20. The van der Waals surface area contributed by atoms with Gasteiger partial charge < -0.3 is 9.88 Å². The molecule has 1 amide bonds. The summed E-state index contributed by atoms with van der Waals surface area (Å²) in [7, 11) is 0. The Hall–Kier alpha value is -2.51. The van der Waals surface area contributed by atoms with Crippen molar-refractivity contribution in [1.82, 2.24) is 19.8 Å². The zero-order valence-corrected chi connectivity index (χ0v) is 16.6. The van der Waals surface area contributed by atoms with Gasteiger partial charge in [-0.1, -0.05) is 18.2 Å². The summed E-state index contributed by atoms with van der Waals surface area (Å²) in [5.74, 6) is 0.104. The number of carbonyl (C=O) groups is 1. The Morgan fingerprint density at radius 1 is 1.11 bits per heavy atom. The maximum absolute atomic E-state index is 12.7. The van der Waals surface area contributed by atoms with E-state index in [1.165, 1.54) is 4.88 Å².